The van der Waals surface area contributed by atoms with E-state index in [9.17, 15) is 14.9 Å². The minimum atomic E-state index is -1.66. The second kappa shape index (κ2) is 6.33. The Labute approximate surface area is 120 Å². The predicted molar refractivity (Wildman–Crippen MR) is 75.1 cm³/mol. The maximum atomic E-state index is 11.2. The first-order valence-electron chi connectivity index (χ1n) is 6.00. The maximum absolute atomic E-state index is 11.2. The van der Waals surface area contributed by atoms with Crippen LogP contribution in [-0.2, 0) is 4.79 Å². The molecule has 0 aromatic heterocycles. The summed E-state index contributed by atoms with van der Waals surface area (Å²) in [6, 6.07) is 16.4. The van der Waals surface area contributed by atoms with Gasteiger partial charge in [0.05, 0.1) is 4.92 Å². The van der Waals surface area contributed by atoms with Crippen molar-refractivity contribution in [2.45, 2.75) is 0 Å². The molecule has 106 valence electrons. The Morgan fingerprint density at radius 1 is 1.00 bits per heavy atom. The first-order valence-corrected chi connectivity index (χ1v) is 6.00. The van der Waals surface area contributed by atoms with Gasteiger partial charge in [-0.25, -0.2) is 4.79 Å². The van der Waals surface area contributed by atoms with Crippen LogP contribution in [0.4, 0.5) is 0 Å². The third-order valence-electron chi connectivity index (χ3n) is 2.60. The molecule has 0 radical (unpaired) electrons. The highest BCUT2D eigenvalue weighted by Gasteiger charge is 2.30. The Kier molecular flexibility index (Phi) is 4.30. The Morgan fingerprint density at radius 3 is 2.00 bits per heavy atom. The van der Waals surface area contributed by atoms with Gasteiger partial charge in [0.1, 0.15) is 5.75 Å². The lowest BCUT2D eigenvalue weighted by atomic mass is 10.1. The first kappa shape index (κ1) is 14.3. The fraction of sp³-hybridized carbons (Fsp3) is 0. The van der Waals surface area contributed by atoms with Crippen LogP contribution in [0.1, 0.15) is 5.56 Å². The number of benzene rings is 2. The fourth-order valence-electron chi connectivity index (χ4n) is 1.70. The van der Waals surface area contributed by atoms with Crippen LogP contribution in [0.25, 0.3) is 5.76 Å². The van der Waals surface area contributed by atoms with Gasteiger partial charge >= 0.3 is 11.7 Å². The van der Waals surface area contributed by atoms with Gasteiger partial charge in [-0.1, -0.05) is 48.5 Å². The summed E-state index contributed by atoms with van der Waals surface area (Å²) in [6.07, 6.45) is 0. The number of nitrogens with zero attached hydrogens (tertiary/aromatic N) is 1. The van der Waals surface area contributed by atoms with Gasteiger partial charge in [-0.05, 0) is 12.1 Å². The molecule has 2 aromatic carbocycles. The highest BCUT2D eigenvalue weighted by atomic mass is 16.6. The zero-order chi connectivity index (χ0) is 15.2. The topological polar surface area (TPSA) is 89.7 Å². The van der Waals surface area contributed by atoms with Crippen molar-refractivity contribution in [3.8, 4) is 5.75 Å². The molecule has 0 bridgehead atoms. The van der Waals surface area contributed by atoms with E-state index in [2.05, 4.69) is 0 Å². The third-order valence-corrected chi connectivity index (χ3v) is 2.60. The summed E-state index contributed by atoms with van der Waals surface area (Å²) in [4.78, 5) is 21.2. The van der Waals surface area contributed by atoms with E-state index in [0.29, 0.717) is 11.3 Å². The molecule has 0 spiro atoms. The van der Waals surface area contributed by atoms with Crippen molar-refractivity contribution in [1.82, 2.24) is 0 Å². The summed E-state index contributed by atoms with van der Waals surface area (Å²) in [6.45, 7) is 0. The molecular weight excluding hydrogens is 274 g/mol. The summed E-state index contributed by atoms with van der Waals surface area (Å²) in [5, 5.41) is 20.1. The number of hydrogen-bond donors (Lipinski definition) is 1. The molecule has 0 saturated heterocycles. The summed E-state index contributed by atoms with van der Waals surface area (Å²) >= 11 is 0. The van der Waals surface area contributed by atoms with Crippen LogP contribution in [0.5, 0.6) is 5.75 Å². The predicted octanol–water partition coefficient (Wildman–Crippen LogP) is 2.80. The molecule has 6 heteroatoms. The molecule has 0 aliphatic rings. The van der Waals surface area contributed by atoms with E-state index in [1.54, 1.807) is 60.7 Å². The molecule has 0 fully saturated rings. The molecule has 0 saturated carbocycles. The van der Waals surface area contributed by atoms with E-state index in [1.807, 2.05) is 0 Å². The molecule has 21 heavy (non-hydrogen) atoms. The maximum Gasteiger partial charge on any atom is 0.411 e. The molecule has 0 aliphatic heterocycles. The molecule has 0 aliphatic carbocycles. The van der Waals surface area contributed by atoms with Crippen LogP contribution >= 0.6 is 0 Å². The number of rotatable bonds is 5. The normalized spacial score (nSPS) is 11.4. The van der Waals surface area contributed by atoms with Crippen LogP contribution in [0.2, 0.25) is 0 Å². The van der Waals surface area contributed by atoms with E-state index >= 15 is 0 Å². The number of aliphatic carboxylic acids is 1. The van der Waals surface area contributed by atoms with Crippen molar-refractivity contribution in [2.75, 3.05) is 0 Å². The zero-order valence-corrected chi connectivity index (χ0v) is 10.8. The van der Waals surface area contributed by atoms with E-state index in [1.165, 1.54) is 0 Å². The van der Waals surface area contributed by atoms with Gasteiger partial charge in [-0.15, -0.1) is 0 Å². The standard InChI is InChI=1S/C15H11NO5/c17-15(18)13(16(19)20)14(11-7-3-1-4-8-11)21-12-9-5-2-6-10-12/h1-10H,(H,17,18)/b14-13-. The smallest absolute Gasteiger partial charge is 0.411 e. The highest BCUT2D eigenvalue weighted by molar-refractivity contribution is 5.92. The summed E-state index contributed by atoms with van der Waals surface area (Å²) in [5.41, 5.74) is -0.694. The fourth-order valence-corrected chi connectivity index (χ4v) is 1.70. The molecule has 2 aromatic rings. The lowest BCUT2D eigenvalue weighted by Crippen LogP contribution is -2.15. The summed E-state index contributed by atoms with van der Waals surface area (Å²) in [7, 11) is 0. The summed E-state index contributed by atoms with van der Waals surface area (Å²) in [5.74, 6) is -1.65. The van der Waals surface area contributed by atoms with Gasteiger partial charge in [0.25, 0.3) is 0 Å². The molecule has 0 unspecified atom stereocenters. The van der Waals surface area contributed by atoms with Crippen molar-refractivity contribution in [3.05, 3.63) is 82.0 Å². The van der Waals surface area contributed by atoms with E-state index in [-0.39, 0.29) is 5.76 Å². The summed E-state index contributed by atoms with van der Waals surface area (Å²) < 4.78 is 5.44. The SMILES string of the molecule is O=C(O)/C(=C(/Oc1ccccc1)c1ccccc1)[N+](=O)[O-]. The van der Waals surface area contributed by atoms with Crippen LogP contribution in [0, 0.1) is 10.1 Å². The Bertz CT molecular complexity index is 664. The zero-order valence-electron chi connectivity index (χ0n) is 10.8. The van der Waals surface area contributed by atoms with Crippen LogP contribution < -0.4 is 4.74 Å². The van der Waals surface area contributed by atoms with E-state index < -0.39 is 16.6 Å². The largest absolute Gasteiger partial charge is 0.473 e. The average Bonchev–Trinajstić information content (AvgIpc) is 2.48. The lowest BCUT2D eigenvalue weighted by Gasteiger charge is -2.09. The molecule has 6 nitrogen and oxygen atoms in total. The van der Waals surface area contributed by atoms with Gasteiger partial charge in [-0.2, -0.15) is 0 Å². The minimum absolute atomic E-state index is 0.306. The molecule has 2 rings (SSSR count). The number of carbonyl (C=O) groups is 1. The molecular formula is C15H11NO5. The Hall–Kier alpha value is -3.15. The van der Waals surface area contributed by atoms with Crippen molar-refractivity contribution in [2.24, 2.45) is 0 Å². The second-order valence-corrected chi connectivity index (χ2v) is 4.02. The molecule has 0 heterocycles. The molecule has 0 atom stereocenters. The number of nitro groups is 1. The van der Waals surface area contributed by atoms with Crippen LogP contribution in [-0.4, -0.2) is 16.0 Å². The van der Waals surface area contributed by atoms with Gasteiger partial charge in [0.2, 0.25) is 5.76 Å². The van der Waals surface area contributed by atoms with Crippen molar-refractivity contribution in [3.63, 3.8) is 0 Å². The number of ether oxygens (including phenoxy) is 1. The number of carboxylic acid groups (broad SMARTS) is 1. The Balaban J connectivity index is 2.57. The van der Waals surface area contributed by atoms with Crippen molar-refractivity contribution in [1.29, 1.82) is 0 Å². The van der Waals surface area contributed by atoms with Crippen molar-refractivity contribution >= 4 is 11.7 Å². The van der Waals surface area contributed by atoms with Crippen LogP contribution in [0.15, 0.2) is 66.4 Å². The minimum Gasteiger partial charge on any atom is -0.473 e. The average molecular weight is 285 g/mol. The van der Waals surface area contributed by atoms with Crippen LogP contribution in [0.3, 0.4) is 0 Å². The second-order valence-electron chi connectivity index (χ2n) is 4.02. The van der Waals surface area contributed by atoms with Gasteiger partial charge in [0, 0.05) is 5.56 Å². The Morgan fingerprint density at radius 2 is 1.52 bits per heavy atom. The number of para-hydroxylation sites is 1. The quantitative estimate of drug-likeness (QED) is 0.395. The number of carboxylic acids is 1. The third kappa shape index (κ3) is 3.44. The lowest BCUT2D eigenvalue weighted by molar-refractivity contribution is -0.420. The number of hydrogen-bond acceptors (Lipinski definition) is 4. The molecule has 1 N–H and O–H groups in total. The van der Waals surface area contributed by atoms with E-state index in [0.717, 1.165) is 0 Å². The van der Waals surface area contributed by atoms with Gasteiger partial charge in [-0.3, -0.25) is 10.1 Å². The highest BCUT2D eigenvalue weighted by Crippen LogP contribution is 2.24. The molecule has 0 amide bonds. The van der Waals surface area contributed by atoms with Gasteiger partial charge in [0.15, 0.2) is 0 Å². The monoisotopic (exact) mass is 285 g/mol. The first-order chi connectivity index (χ1) is 10.1. The van der Waals surface area contributed by atoms with Gasteiger partial charge < -0.3 is 9.84 Å². The van der Waals surface area contributed by atoms with E-state index in [4.69, 9.17) is 9.84 Å². The van der Waals surface area contributed by atoms with Crippen molar-refractivity contribution < 1.29 is 19.6 Å².